The zero-order valence-corrected chi connectivity index (χ0v) is 22.7. The number of ketones is 2. The van der Waals surface area contributed by atoms with Crippen LogP contribution in [-0.4, -0.2) is 29.6 Å². The van der Waals surface area contributed by atoms with E-state index in [2.05, 4.69) is 5.32 Å². The molecule has 1 saturated heterocycles. The van der Waals surface area contributed by atoms with Gasteiger partial charge in [0.25, 0.3) is 0 Å². The van der Waals surface area contributed by atoms with E-state index >= 15 is 0 Å². The van der Waals surface area contributed by atoms with Gasteiger partial charge in [-0.3, -0.25) is 14.4 Å². The molecule has 0 saturated carbocycles. The van der Waals surface area contributed by atoms with Crippen LogP contribution in [0.2, 0.25) is 5.02 Å². The minimum Gasteiger partial charge on any atom is -0.352 e. The van der Waals surface area contributed by atoms with E-state index in [1.165, 1.54) is 24.3 Å². The average molecular weight is 563 g/mol. The number of halogens is 2. The molecule has 3 heterocycles. The van der Waals surface area contributed by atoms with Gasteiger partial charge >= 0.3 is 0 Å². The zero-order valence-electron chi connectivity index (χ0n) is 22.0. The summed E-state index contributed by atoms with van der Waals surface area (Å²) in [6.45, 7) is 1.97. The minimum absolute atomic E-state index is 0.221. The first-order valence-corrected chi connectivity index (χ1v) is 13.8. The summed E-state index contributed by atoms with van der Waals surface area (Å²) in [7, 11) is 0. The van der Waals surface area contributed by atoms with Crippen LogP contribution < -0.4 is 10.2 Å². The number of nitrogens with zero attached hydrogens (tertiary/aromatic N) is 1. The van der Waals surface area contributed by atoms with Crippen LogP contribution >= 0.6 is 11.6 Å². The van der Waals surface area contributed by atoms with Crippen LogP contribution in [0.3, 0.4) is 0 Å². The molecule has 0 aromatic heterocycles. The summed E-state index contributed by atoms with van der Waals surface area (Å²) < 4.78 is 13.9. The Morgan fingerprint density at radius 3 is 2.34 bits per heavy atom. The fourth-order valence-corrected chi connectivity index (χ4v) is 7.23. The molecule has 1 spiro atoms. The number of amides is 1. The van der Waals surface area contributed by atoms with E-state index in [9.17, 15) is 18.8 Å². The van der Waals surface area contributed by atoms with E-state index in [0.717, 1.165) is 16.8 Å². The number of allylic oxidation sites excluding steroid dienone is 1. The maximum atomic E-state index is 14.7. The van der Waals surface area contributed by atoms with Crippen LogP contribution in [0.1, 0.15) is 38.8 Å². The highest BCUT2D eigenvalue weighted by Gasteiger charge is 2.70. The van der Waals surface area contributed by atoms with Crippen molar-refractivity contribution in [2.24, 2.45) is 5.92 Å². The van der Waals surface area contributed by atoms with E-state index in [4.69, 9.17) is 11.6 Å². The van der Waals surface area contributed by atoms with Gasteiger partial charge in [0.15, 0.2) is 11.6 Å². The Hall–Kier alpha value is -4.55. The summed E-state index contributed by atoms with van der Waals surface area (Å²) in [5.74, 6) is -2.77. The first-order chi connectivity index (χ1) is 19.8. The van der Waals surface area contributed by atoms with Crippen molar-refractivity contribution < 1.29 is 18.8 Å². The van der Waals surface area contributed by atoms with Crippen LogP contribution in [0.25, 0.3) is 5.57 Å². The lowest BCUT2D eigenvalue weighted by molar-refractivity contribution is -0.121. The topological polar surface area (TPSA) is 66.5 Å². The normalized spacial score (nSPS) is 23.9. The molecule has 1 amide bonds. The molecule has 202 valence electrons. The summed E-state index contributed by atoms with van der Waals surface area (Å²) in [5.41, 5.74) is 2.91. The molecule has 7 rings (SSSR count). The van der Waals surface area contributed by atoms with Gasteiger partial charge < -0.3 is 10.2 Å². The smallest absolute Gasteiger partial charge is 0.238 e. The molecule has 4 aromatic carbocycles. The molecular weight excluding hydrogens is 539 g/mol. The molecule has 0 aliphatic carbocycles. The predicted octanol–water partition coefficient (Wildman–Crippen LogP) is 6.73. The van der Waals surface area contributed by atoms with Gasteiger partial charge in [-0.15, -0.1) is 0 Å². The average Bonchev–Trinajstić information content (AvgIpc) is 3.45. The number of hydrogen-bond donors (Lipinski definition) is 1. The summed E-state index contributed by atoms with van der Waals surface area (Å²) in [4.78, 5) is 45.7. The van der Waals surface area contributed by atoms with Crippen molar-refractivity contribution in [3.05, 3.63) is 136 Å². The van der Waals surface area contributed by atoms with Gasteiger partial charge in [0, 0.05) is 28.1 Å². The Morgan fingerprint density at radius 1 is 0.878 bits per heavy atom. The molecule has 5 nitrogen and oxygen atoms in total. The summed E-state index contributed by atoms with van der Waals surface area (Å²) in [6, 6.07) is 25.3. The molecule has 1 fully saturated rings. The number of nitrogens with one attached hydrogen (secondary N) is 1. The van der Waals surface area contributed by atoms with Crippen molar-refractivity contribution in [3.63, 3.8) is 0 Å². The lowest BCUT2D eigenvalue weighted by Crippen LogP contribution is -2.51. The van der Waals surface area contributed by atoms with Crippen molar-refractivity contribution >= 4 is 46.0 Å². The lowest BCUT2D eigenvalue weighted by Gasteiger charge is -2.39. The van der Waals surface area contributed by atoms with Crippen molar-refractivity contribution in [1.82, 2.24) is 0 Å². The maximum Gasteiger partial charge on any atom is 0.238 e. The molecule has 3 aliphatic rings. The number of carbonyl (C=O) groups excluding carboxylic acids is 3. The lowest BCUT2D eigenvalue weighted by atomic mass is 9.64. The van der Waals surface area contributed by atoms with Crippen LogP contribution in [0, 0.1) is 11.7 Å². The second-order valence-corrected chi connectivity index (χ2v) is 11.1. The zero-order chi connectivity index (χ0) is 28.5. The largest absolute Gasteiger partial charge is 0.352 e. The number of benzene rings is 4. The monoisotopic (exact) mass is 562 g/mol. The standard InChI is InChI=1S/C34H24ClFN2O3/c1-19-18-28-34(24-10-4-6-12-26(24)37-33(34)41)29(31(39)20-14-16-21(36)17-15-20)30(32(40)23-9-2-5-11-25(23)35)38(28)27-13-7-3-8-22(19)27/h2-18,28-30H,1H3,(H,37,41)/t28-,29+,30+,34-/m1/s1. The van der Waals surface area contributed by atoms with Crippen LogP contribution in [0.5, 0.6) is 0 Å². The van der Waals surface area contributed by atoms with Gasteiger partial charge in [0.05, 0.1) is 17.0 Å². The number of para-hydroxylation sites is 2. The molecule has 41 heavy (non-hydrogen) atoms. The summed E-state index contributed by atoms with van der Waals surface area (Å²) >= 11 is 6.56. The molecule has 4 atom stereocenters. The third kappa shape index (κ3) is 3.50. The minimum atomic E-state index is -1.45. The first kappa shape index (κ1) is 25.4. The van der Waals surface area contributed by atoms with E-state index in [1.807, 2.05) is 66.4 Å². The number of Topliss-reactive ketones (excluding diaryl/α,β-unsaturated/α-hetero) is 2. The second-order valence-electron chi connectivity index (χ2n) is 10.7. The van der Waals surface area contributed by atoms with E-state index in [-0.39, 0.29) is 27.8 Å². The number of rotatable bonds is 4. The molecule has 7 heteroatoms. The quantitative estimate of drug-likeness (QED) is 0.280. The molecule has 0 bridgehead atoms. The highest BCUT2D eigenvalue weighted by Crippen LogP contribution is 2.59. The van der Waals surface area contributed by atoms with Gasteiger partial charge in [-0.1, -0.05) is 66.2 Å². The van der Waals surface area contributed by atoms with Crippen molar-refractivity contribution in [3.8, 4) is 0 Å². The molecule has 3 aliphatic heterocycles. The van der Waals surface area contributed by atoms with Crippen molar-refractivity contribution in [2.45, 2.75) is 24.4 Å². The Balaban J connectivity index is 1.57. The van der Waals surface area contributed by atoms with Gasteiger partial charge in [-0.25, -0.2) is 4.39 Å². The first-order valence-electron chi connectivity index (χ1n) is 13.4. The van der Waals surface area contributed by atoms with Crippen LogP contribution in [0.4, 0.5) is 15.8 Å². The van der Waals surface area contributed by atoms with Crippen LogP contribution in [0.15, 0.2) is 103 Å². The van der Waals surface area contributed by atoms with Crippen LogP contribution in [-0.2, 0) is 10.2 Å². The van der Waals surface area contributed by atoms with Gasteiger partial charge in [-0.05, 0) is 66.6 Å². The third-order valence-corrected chi connectivity index (χ3v) is 9.03. The SMILES string of the molecule is CC1=C[C@H]2N(c3ccccc31)[C@H](C(=O)c1ccccc1Cl)[C@@H](C(=O)c1ccc(F)cc1)[C@]21C(=O)Nc2ccccc21. The number of anilines is 2. The van der Waals surface area contributed by atoms with Gasteiger partial charge in [0.2, 0.25) is 5.91 Å². The Bertz CT molecular complexity index is 1800. The Labute approximate surface area is 241 Å². The highest BCUT2D eigenvalue weighted by atomic mass is 35.5. The highest BCUT2D eigenvalue weighted by molar-refractivity contribution is 6.34. The molecule has 0 radical (unpaired) electrons. The van der Waals surface area contributed by atoms with Crippen molar-refractivity contribution in [1.29, 1.82) is 0 Å². The fraction of sp³-hybridized carbons (Fsp3) is 0.147. The third-order valence-electron chi connectivity index (χ3n) is 8.70. The van der Waals surface area contributed by atoms with Gasteiger partial charge in [-0.2, -0.15) is 0 Å². The van der Waals surface area contributed by atoms with E-state index in [1.54, 1.807) is 24.3 Å². The van der Waals surface area contributed by atoms with E-state index in [0.29, 0.717) is 11.3 Å². The number of hydrogen-bond acceptors (Lipinski definition) is 4. The Kier molecular flexibility index (Phi) is 5.73. The molecule has 0 unspecified atom stereocenters. The van der Waals surface area contributed by atoms with Gasteiger partial charge in [0.1, 0.15) is 17.3 Å². The number of carbonyl (C=O) groups is 3. The summed E-state index contributed by atoms with van der Waals surface area (Å²) in [6.07, 6.45) is 1.99. The Morgan fingerprint density at radius 2 is 1.56 bits per heavy atom. The number of fused-ring (bicyclic) bond motifs is 6. The molecule has 1 N–H and O–H groups in total. The second kappa shape index (κ2) is 9.25. The summed E-state index contributed by atoms with van der Waals surface area (Å²) in [5, 5.41) is 3.27. The van der Waals surface area contributed by atoms with E-state index < -0.39 is 35.0 Å². The fourth-order valence-electron chi connectivity index (χ4n) is 7.00. The predicted molar refractivity (Wildman–Crippen MR) is 157 cm³/mol. The maximum absolute atomic E-state index is 14.7. The van der Waals surface area contributed by atoms with Crippen molar-refractivity contribution in [2.75, 3.05) is 10.2 Å². The molecular formula is C34H24ClFN2O3. The molecule has 4 aromatic rings.